The highest BCUT2D eigenvalue weighted by Gasteiger charge is 2.76. The van der Waals surface area contributed by atoms with Gasteiger partial charge in [-0.2, -0.15) is 0 Å². The van der Waals surface area contributed by atoms with Crippen LogP contribution in [0.25, 0.3) is 11.2 Å². The highest BCUT2D eigenvalue weighted by Crippen LogP contribution is 2.50. The maximum absolute atomic E-state index is 13.7. The largest absolute Gasteiger partial charge is 0.387 e. The van der Waals surface area contributed by atoms with E-state index < -0.39 is 30.4 Å². The molecule has 5 aliphatic rings. The highest BCUT2D eigenvalue weighted by molar-refractivity contribution is 5.83. The van der Waals surface area contributed by atoms with Gasteiger partial charge in [-0.3, -0.25) is 9.36 Å². The summed E-state index contributed by atoms with van der Waals surface area (Å²) in [4.78, 5) is 46.2. The molecular weight excluding hydrogens is 496 g/mol. The minimum absolute atomic E-state index is 0.174. The maximum atomic E-state index is 13.7. The molecule has 5 N–H and O–H groups in total. The monoisotopic (exact) mass is 529 g/mol. The van der Waals surface area contributed by atoms with E-state index in [4.69, 9.17) is 10.5 Å². The topological polar surface area (TPSA) is 175 Å². The van der Waals surface area contributed by atoms with Crippen molar-refractivity contribution in [3.63, 3.8) is 0 Å². The first-order valence-corrected chi connectivity index (χ1v) is 13.3. The van der Waals surface area contributed by atoms with E-state index >= 15 is 0 Å². The first kappa shape index (κ1) is 24.3. The lowest BCUT2D eigenvalue weighted by Crippen LogP contribution is -2.70. The van der Waals surface area contributed by atoms with Crippen LogP contribution in [-0.4, -0.2) is 144 Å². The number of aliphatic hydroxyl groups excluding tert-OH is 2. The molecule has 204 valence electrons. The Balaban J connectivity index is 0.972. The number of nitrogens with two attached hydrogens (primary N) is 1. The summed E-state index contributed by atoms with van der Waals surface area (Å²) in [5.74, 6) is -0.444. The number of nitrogens with one attached hydrogen (secondary N) is 1. The van der Waals surface area contributed by atoms with E-state index in [9.17, 15) is 19.8 Å². The van der Waals surface area contributed by atoms with Crippen molar-refractivity contribution in [1.29, 1.82) is 0 Å². The molecule has 7 heterocycles. The third kappa shape index (κ3) is 3.05. The number of fused-ring (bicyclic) bond motifs is 1. The minimum Gasteiger partial charge on any atom is -0.387 e. The van der Waals surface area contributed by atoms with E-state index in [1.54, 1.807) is 0 Å². The Kier molecular flexibility index (Phi) is 5.50. The normalized spacial score (nSPS) is 36.8. The molecule has 4 atom stereocenters. The minimum atomic E-state index is -1.45. The third-order valence-electron chi connectivity index (χ3n) is 9.13. The standard InChI is InChI=1S/C23H32N10O5/c24-19-15-20(27-12-26-19)32(13-28-15)22-17(36)16(35)18(38-22)21(37)25-3-1-2-14(34)33-10-8-30-6-4-29-5-7-31(9-11-33)23(29,30)33/h12-13,16-18,22,35-36H,1-11H2,(H2-,24,25,26,27,37)/p+1/t16-,17+,18-,22+,23?,33?/m0/s1. The number of ether oxygens (including phenoxy) is 1. The van der Waals surface area contributed by atoms with Crippen LogP contribution in [0, 0.1) is 0 Å². The van der Waals surface area contributed by atoms with Gasteiger partial charge in [0.05, 0.1) is 25.8 Å². The smallest absolute Gasteiger partial charge is 0.317 e. The second-order valence-electron chi connectivity index (χ2n) is 10.8. The molecular formula is C23H33N10O5+. The van der Waals surface area contributed by atoms with Crippen LogP contribution in [0.1, 0.15) is 19.1 Å². The Morgan fingerprint density at radius 1 is 1.05 bits per heavy atom. The zero-order valence-corrected chi connectivity index (χ0v) is 21.0. The van der Waals surface area contributed by atoms with E-state index in [0.29, 0.717) is 28.5 Å². The molecule has 0 unspecified atom stereocenters. The van der Waals surface area contributed by atoms with Crippen LogP contribution in [0.3, 0.4) is 0 Å². The quantitative estimate of drug-likeness (QED) is 0.219. The fourth-order valence-electron chi connectivity index (χ4n) is 7.47. The average molecular weight is 530 g/mol. The fraction of sp³-hybridized carbons (Fsp3) is 0.696. The van der Waals surface area contributed by atoms with Crippen molar-refractivity contribution in [3.8, 4) is 0 Å². The Bertz CT molecular complexity index is 1250. The molecule has 7 rings (SSSR count). The molecule has 0 aromatic carbocycles. The van der Waals surface area contributed by atoms with E-state index in [1.807, 2.05) is 0 Å². The number of amides is 2. The van der Waals surface area contributed by atoms with Gasteiger partial charge in [0.15, 0.2) is 23.8 Å². The summed E-state index contributed by atoms with van der Waals surface area (Å²) in [5, 5.41) is 23.9. The number of aliphatic hydroxyl groups is 2. The Hall–Kier alpha value is -2.79. The third-order valence-corrected chi connectivity index (χ3v) is 9.13. The van der Waals surface area contributed by atoms with E-state index in [2.05, 4.69) is 35.0 Å². The molecule has 15 nitrogen and oxygen atoms in total. The van der Waals surface area contributed by atoms with Crippen LogP contribution in [0.15, 0.2) is 12.7 Å². The summed E-state index contributed by atoms with van der Waals surface area (Å²) >= 11 is 0. The number of anilines is 1. The first-order valence-electron chi connectivity index (χ1n) is 13.3. The summed E-state index contributed by atoms with van der Waals surface area (Å²) in [6, 6.07) is 0. The number of nitrogens with zero attached hydrogens (tertiary/aromatic N) is 8. The molecule has 15 heteroatoms. The van der Waals surface area contributed by atoms with Crippen LogP contribution in [0.2, 0.25) is 0 Å². The zero-order chi connectivity index (χ0) is 26.2. The van der Waals surface area contributed by atoms with Crippen LogP contribution >= 0.6 is 0 Å². The van der Waals surface area contributed by atoms with Crippen molar-refractivity contribution in [3.05, 3.63) is 12.7 Å². The Labute approximate surface area is 218 Å². The van der Waals surface area contributed by atoms with Gasteiger partial charge in [0, 0.05) is 32.7 Å². The predicted molar refractivity (Wildman–Crippen MR) is 130 cm³/mol. The molecule has 0 radical (unpaired) electrons. The van der Waals surface area contributed by atoms with Gasteiger partial charge in [-0.25, -0.2) is 38.9 Å². The van der Waals surface area contributed by atoms with Gasteiger partial charge in [0.2, 0.25) is 0 Å². The van der Waals surface area contributed by atoms with Crippen molar-refractivity contribution in [2.45, 2.75) is 43.3 Å². The fourth-order valence-corrected chi connectivity index (χ4v) is 7.47. The molecule has 0 bridgehead atoms. The van der Waals surface area contributed by atoms with Crippen LogP contribution in [-0.2, 0) is 14.3 Å². The Morgan fingerprint density at radius 3 is 2.45 bits per heavy atom. The lowest BCUT2D eigenvalue weighted by Gasteiger charge is -2.44. The summed E-state index contributed by atoms with van der Waals surface area (Å²) in [7, 11) is 0. The molecule has 0 aliphatic carbocycles. The van der Waals surface area contributed by atoms with Gasteiger partial charge in [-0.1, -0.05) is 0 Å². The number of hydrogen-bond acceptors (Lipinski definition) is 12. The van der Waals surface area contributed by atoms with Crippen molar-refractivity contribution in [2.24, 2.45) is 0 Å². The number of quaternary nitrogens is 1. The molecule has 5 fully saturated rings. The average Bonchev–Trinajstić information content (AvgIpc) is 3.71. The van der Waals surface area contributed by atoms with E-state index in [1.165, 1.54) is 17.2 Å². The number of carbonyl (C=O) groups excluding carboxylic acids is 2. The van der Waals surface area contributed by atoms with Gasteiger partial charge in [0.25, 0.3) is 11.8 Å². The van der Waals surface area contributed by atoms with Gasteiger partial charge in [-0.05, 0) is 6.42 Å². The number of rotatable bonds is 6. The Morgan fingerprint density at radius 2 is 1.74 bits per heavy atom. The molecule has 0 saturated carbocycles. The number of aromatic nitrogens is 4. The molecule has 2 aromatic rings. The molecule has 5 saturated heterocycles. The number of nitrogen functional groups attached to an aromatic ring is 1. The van der Waals surface area contributed by atoms with Crippen LogP contribution in [0.4, 0.5) is 5.82 Å². The van der Waals surface area contributed by atoms with Gasteiger partial charge < -0.3 is 26.0 Å². The highest BCUT2D eigenvalue weighted by atomic mass is 16.6. The van der Waals surface area contributed by atoms with E-state index in [-0.39, 0.29) is 24.2 Å². The molecule has 38 heavy (non-hydrogen) atoms. The number of hydrogen-bond donors (Lipinski definition) is 4. The molecule has 5 aliphatic heterocycles. The second kappa shape index (κ2) is 8.61. The summed E-state index contributed by atoms with van der Waals surface area (Å²) in [5.41, 5.74) is 6.49. The molecule has 2 aromatic heterocycles. The number of imidazole rings is 1. The predicted octanol–water partition coefficient (Wildman–Crippen LogP) is -3.16. The first-order chi connectivity index (χ1) is 18.4. The van der Waals surface area contributed by atoms with Crippen molar-refractivity contribution >= 4 is 28.8 Å². The van der Waals surface area contributed by atoms with Gasteiger partial charge in [0.1, 0.15) is 37.1 Å². The summed E-state index contributed by atoms with van der Waals surface area (Å²) in [6.45, 7) is 7.81. The van der Waals surface area contributed by atoms with Crippen molar-refractivity contribution in [2.75, 3.05) is 64.6 Å². The zero-order valence-electron chi connectivity index (χ0n) is 21.0. The lowest BCUT2D eigenvalue weighted by molar-refractivity contribution is -0.906. The van der Waals surface area contributed by atoms with Gasteiger partial charge >= 0.3 is 5.91 Å². The van der Waals surface area contributed by atoms with E-state index in [0.717, 1.165) is 52.4 Å². The summed E-state index contributed by atoms with van der Waals surface area (Å²) in [6.07, 6.45) is -1.70. The van der Waals surface area contributed by atoms with Crippen LogP contribution in [0.5, 0.6) is 0 Å². The van der Waals surface area contributed by atoms with Crippen molar-refractivity contribution in [1.82, 2.24) is 39.5 Å². The second-order valence-corrected chi connectivity index (χ2v) is 10.8. The maximum Gasteiger partial charge on any atom is 0.317 e. The van der Waals surface area contributed by atoms with Crippen LogP contribution < -0.4 is 11.1 Å². The number of carbonyl (C=O) groups is 2. The SMILES string of the molecule is Nc1ncnc2c1ncn2[C@@H]1O[C@H](C(=O)NCCCC(=O)[N+]23CCN4CCN5CCN(CC2)C543)[C@@H](O)[C@H]1O. The van der Waals surface area contributed by atoms with Gasteiger partial charge in [-0.15, -0.1) is 0 Å². The molecule has 2 amide bonds. The lowest BCUT2D eigenvalue weighted by atomic mass is 10.1. The van der Waals surface area contributed by atoms with Crippen molar-refractivity contribution < 1.29 is 29.0 Å². The molecule has 1 spiro atoms. The summed E-state index contributed by atoms with van der Waals surface area (Å²) < 4.78 is 7.66.